The first-order valence-electron chi connectivity index (χ1n) is 12.1. The molecule has 0 aliphatic carbocycles. The molecule has 2 aromatic carbocycles. The van der Waals surface area contributed by atoms with Gasteiger partial charge in [0.25, 0.3) is 5.69 Å². The van der Waals surface area contributed by atoms with Crippen molar-refractivity contribution in [3.05, 3.63) is 70.3 Å². The van der Waals surface area contributed by atoms with E-state index in [4.69, 9.17) is 10.5 Å². The zero-order valence-corrected chi connectivity index (χ0v) is 22.5. The molecule has 3 N–H and O–H groups in total. The molecule has 0 spiro atoms. The van der Waals surface area contributed by atoms with Crippen LogP contribution in [0.15, 0.2) is 59.5 Å². The molecule has 0 aliphatic rings. The molecule has 0 bridgehead atoms. The van der Waals surface area contributed by atoms with Crippen molar-refractivity contribution in [1.82, 2.24) is 0 Å². The fourth-order valence-electron chi connectivity index (χ4n) is 4.23. The van der Waals surface area contributed by atoms with Gasteiger partial charge in [-0.2, -0.15) is 8.42 Å². The quantitative estimate of drug-likeness (QED) is 0.118. The topological polar surface area (TPSA) is 167 Å². The number of unbranched alkanes of at least 4 members (excludes halogenated alkanes) is 1. The lowest BCUT2D eigenvalue weighted by atomic mass is 10.1. The molecule has 2 rings (SSSR count). The van der Waals surface area contributed by atoms with E-state index in [9.17, 15) is 33.2 Å². The number of carbonyl (C=O) groups excluding carboxylic acids is 1. The van der Waals surface area contributed by atoms with Crippen molar-refractivity contribution in [3.63, 3.8) is 0 Å². The van der Waals surface area contributed by atoms with Gasteiger partial charge in [0.1, 0.15) is 17.2 Å². The average Bonchev–Trinajstić information content (AvgIpc) is 2.88. The number of aliphatic carboxylic acids is 1. The highest BCUT2D eigenvalue weighted by molar-refractivity contribution is 7.86. The Kier molecular flexibility index (Phi) is 10.7. The number of benzene rings is 2. The van der Waals surface area contributed by atoms with Gasteiger partial charge in [-0.3, -0.25) is 10.1 Å². The van der Waals surface area contributed by atoms with Crippen LogP contribution >= 0.6 is 0 Å². The van der Waals surface area contributed by atoms with Gasteiger partial charge in [-0.15, -0.1) is 3.89 Å². The highest BCUT2D eigenvalue weighted by Crippen LogP contribution is 2.34. The maximum Gasteiger partial charge on any atom is 0.364 e. The monoisotopic (exact) mass is 548 g/mol. The van der Waals surface area contributed by atoms with Crippen LogP contribution in [0.4, 0.5) is 5.69 Å². The molecule has 0 heterocycles. The second kappa shape index (κ2) is 13.3. The molecule has 12 heteroatoms. The summed E-state index contributed by atoms with van der Waals surface area (Å²) < 4.78 is 32.2. The number of nitrogens with two attached hydrogens (primary N) is 1. The van der Waals surface area contributed by atoms with Crippen LogP contribution in [0, 0.1) is 16.0 Å². The number of nitrogens with zero attached hydrogens (tertiary/aromatic N) is 2. The molecule has 1 amide bonds. The maximum absolute atomic E-state index is 14.2. The molecule has 0 aliphatic heterocycles. The second-order valence-electron chi connectivity index (χ2n) is 9.18. The van der Waals surface area contributed by atoms with Crippen molar-refractivity contribution in [2.45, 2.75) is 44.0 Å². The van der Waals surface area contributed by atoms with Crippen molar-refractivity contribution < 1.29 is 36.7 Å². The smallest absolute Gasteiger partial charge is 0.364 e. The molecule has 11 nitrogen and oxygen atoms in total. The van der Waals surface area contributed by atoms with E-state index in [2.05, 4.69) is 0 Å². The lowest BCUT2D eigenvalue weighted by Gasteiger charge is -2.39. The third-order valence-electron chi connectivity index (χ3n) is 6.04. The SMILES string of the molecule is COc1ccc(C=CC(=O)[N+](CC(C)C)([C@@H](CCCCN)C(=O)O)S(=O)(=O)c2ccc([N+](=O)[O-])cc2)cc1. The minimum Gasteiger partial charge on any atom is -0.497 e. The van der Waals surface area contributed by atoms with E-state index in [0.717, 1.165) is 30.3 Å². The summed E-state index contributed by atoms with van der Waals surface area (Å²) in [5.41, 5.74) is 5.81. The molecule has 0 radical (unpaired) electrons. The van der Waals surface area contributed by atoms with Gasteiger partial charge >= 0.3 is 21.9 Å². The Morgan fingerprint density at radius 2 is 1.71 bits per heavy atom. The molecular weight excluding hydrogens is 514 g/mol. The van der Waals surface area contributed by atoms with Crippen LogP contribution in [0.25, 0.3) is 6.08 Å². The molecular formula is C26H34N3O8S+. The van der Waals surface area contributed by atoms with Crippen molar-refractivity contribution in [2.75, 3.05) is 20.2 Å². The molecule has 0 saturated heterocycles. The minimum absolute atomic E-state index is 0.117. The third-order valence-corrected chi connectivity index (χ3v) is 8.35. The van der Waals surface area contributed by atoms with Gasteiger partial charge in [-0.1, -0.05) is 26.0 Å². The van der Waals surface area contributed by atoms with Gasteiger partial charge < -0.3 is 15.6 Å². The number of non-ortho nitro benzene ring substituents is 1. The Morgan fingerprint density at radius 1 is 1.11 bits per heavy atom. The molecule has 38 heavy (non-hydrogen) atoms. The number of carboxylic acid groups (broad SMARTS) is 1. The predicted octanol–water partition coefficient (Wildman–Crippen LogP) is 3.59. The predicted molar refractivity (Wildman–Crippen MR) is 142 cm³/mol. The first-order chi connectivity index (χ1) is 17.9. The Balaban J connectivity index is 2.76. The Morgan fingerprint density at radius 3 is 2.18 bits per heavy atom. The molecule has 2 aromatic rings. The average molecular weight is 549 g/mol. The van der Waals surface area contributed by atoms with Gasteiger partial charge in [0, 0.05) is 30.5 Å². The standard InChI is InChI=1S/C26H33N3O8S/c1-19(2)18-29(24(26(31)32)6-4-5-17-27,25(30)16-9-20-7-12-22(37-3)13-8-20)38(35,36)23-14-10-21(11-15-23)28(33)34/h7-16,19,24H,4-6,17-18,27H2,1-3H3/p+1/t24-,29?/m0/s1. The van der Waals surface area contributed by atoms with E-state index in [-0.39, 0.29) is 36.5 Å². The summed E-state index contributed by atoms with van der Waals surface area (Å²) in [7, 11) is -3.21. The number of nitro groups is 1. The summed E-state index contributed by atoms with van der Waals surface area (Å²) >= 11 is 0. The molecule has 0 aromatic heterocycles. The van der Waals surface area contributed by atoms with Crippen LogP contribution in [0.3, 0.4) is 0 Å². The number of rotatable bonds is 14. The molecule has 2 atom stereocenters. The summed E-state index contributed by atoms with van der Waals surface area (Å²) in [6.45, 7) is 3.33. The summed E-state index contributed by atoms with van der Waals surface area (Å²) in [5, 5.41) is 21.4. The number of methoxy groups -OCH3 is 1. The number of quaternary nitrogens is 1. The molecule has 0 fully saturated rings. The largest absolute Gasteiger partial charge is 0.497 e. The van der Waals surface area contributed by atoms with Crippen LogP contribution in [0.2, 0.25) is 0 Å². The van der Waals surface area contributed by atoms with E-state index in [1.165, 1.54) is 13.2 Å². The number of carbonyl (C=O) groups is 2. The number of sulfonamides is 1. The van der Waals surface area contributed by atoms with Gasteiger partial charge in [-0.05, 0) is 55.3 Å². The minimum atomic E-state index is -4.71. The number of ether oxygens (including phenoxy) is 1. The first-order valence-corrected chi connectivity index (χ1v) is 13.5. The van der Waals surface area contributed by atoms with Crippen molar-refractivity contribution in [2.24, 2.45) is 11.7 Å². The number of amides is 1. The fraction of sp³-hybridized carbons (Fsp3) is 0.385. The fourth-order valence-corrected chi connectivity index (χ4v) is 6.41. The lowest BCUT2D eigenvalue weighted by Crippen LogP contribution is -2.65. The Bertz CT molecular complexity index is 1260. The zero-order chi connectivity index (χ0) is 28.5. The van der Waals surface area contributed by atoms with Gasteiger partial charge in [0.15, 0.2) is 0 Å². The Hall–Kier alpha value is -3.61. The lowest BCUT2D eigenvalue weighted by molar-refractivity contribution is -0.749. The van der Waals surface area contributed by atoms with Gasteiger partial charge in [-0.25, -0.2) is 9.59 Å². The van der Waals surface area contributed by atoms with E-state index in [0.29, 0.717) is 17.7 Å². The summed E-state index contributed by atoms with van der Waals surface area (Å²) in [6.07, 6.45) is 3.11. The maximum atomic E-state index is 14.2. The van der Waals surface area contributed by atoms with Crippen molar-refractivity contribution in [3.8, 4) is 5.75 Å². The Labute approximate surface area is 222 Å². The van der Waals surface area contributed by atoms with Crippen LogP contribution in [-0.2, 0) is 19.6 Å². The molecule has 0 saturated carbocycles. The number of hydrogen-bond donors (Lipinski definition) is 2. The summed E-state index contributed by atoms with van der Waals surface area (Å²) in [4.78, 5) is 36.6. The molecule has 206 valence electrons. The van der Waals surface area contributed by atoms with E-state index >= 15 is 0 Å². The number of nitro benzene ring substituents is 1. The number of hydrogen-bond acceptors (Lipinski definition) is 8. The van der Waals surface area contributed by atoms with E-state index in [1.54, 1.807) is 38.1 Å². The van der Waals surface area contributed by atoms with Crippen molar-refractivity contribution >= 4 is 33.7 Å². The van der Waals surface area contributed by atoms with E-state index in [1.807, 2.05) is 0 Å². The van der Waals surface area contributed by atoms with Crippen LogP contribution in [0.5, 0.6) is 5.75 Å². The first kappa shape index (κ1) is 30.6. The van der Waals surface area contributed by atoms with Crippen LogP contribution in [-0.4, -0.2) is 60.5 Å². The second-order valence-corrected chi connectivity index (χ2v) is 11.3. The highest BCUT2D eigenvalue weighted by Gasteiger charge is 2.57. The molecule has 1 unspecified atom stereocenters. The highest BCUT2D eigenvalue weighted by atomic mass is 32.2. The van der Waals surface area contributed by atoms with E-state index < -0.39 is 42.7 Å². The van der Waals surface area contributed by atoms with Crippen LogP contribution in [0.1, 0.15) is 38.7 Å². The van der Waals surface area contributed by atoms with Crippen LogP contribution < -0.4 is 10.5 Å². The third kappa shape index (κ3) is 6.82. The zero-order valence-electron chi connectivity index (χ0n) is 21.6. The van der Waals surface area contributed by atoms with Gasteiger partial charge in [0.2, 0.25) is 6.04 Å². The normalized spacial score (nSPS) is 14.2. The van der Waals surface area contributed by atoms with Gasteiger partial charge in [0.05, 0.1) is 12.0 Å². The van der Waals surface area contributed by atoms with Crippen molar-refractivity contribution in [1.29, 1.82) is 0 Å². The summed E-state index contributed by atoms with van der Waals surface area (Å²) in [6, 6.07) is 9.11. The summed E-state index contributed by atoms with van der Waals surface area (Å²) in [5.74, 6) is -2.20. The number of carboxylic acids is 1.